The summed E-state index contributed by atoms with van der Waals surface area (Å²) in [6.07, 6.45) is -0.0188. The molecule has 2 aromatic rings. The monoisotopic (exact) mass is 317 g/mol. The zero-order chi connectivity index (χ0) is 16.5. The van der Waals surface area contributed by atoms with Crippen molar-refractivity contribution in [3.63, 3.8) is 0 Å². The summed E-state index contributed by atoms with van der Waals surface area (Å²) in [5.74, 6) is -0.0515. The summed E-state index contributed by atoms with van der Waals surface area (Å²) in [6.45, 7) is 3.07. The Balaban J connectivity index is 1.60. The lowest BCUT2D eigenvalue weighted by Gasteiger charge is -2.38. The Morgan fingerprint density at radius 2 is 1.50 bits per heavy atom. The number of hydrogen-bond acceptors (Lipinski definition) is 3. The molecule has 2 aliphatic rings. The van der Waals surface area contributed by atoms with Crippen LogP contribution in [-0.4, -0.2) is 41.9 Å². The number of hydrogen-bond donors (Lipinski definition) is 0. The molecule has 0 N–H and O–H groups in total. The fourth-order valence-corrected chi connectivity index (χ4v) is 3.93. The van der Waals surface area contributed by atoms with Crippen molar-refractivity contribution in [1.29, 1.82) is 5.26 Å². The van der Waals surface area contributed by atoms with Crippen LogP contribution in [-0.2, 0) is 4.79 Å². The summed E-state index contributed by atoms with van der Waals surface area (Å²) in [4.78, 5) is 16.2. The standard InChI is InChI=1S/C20H19N3O/c21-10-9-19(24)22-11-13-23(14-12-22)20-17-7-3-1-5-15(17)16-6-2-4-8-18(16)20/h1-8,20H,9,11-14H2. The zero-order valence-electron chi connectivity index (χ0n) is 13.5. The number of amides is 1. The first-order chi connectivity index (χ1) is 11.8. The summed E-state index contributed by atoms with van der Waals surface area (Å²) in [6, 6.07) is 19.4. The Morgan fingerprint density at radius 3 is 2.04 bits per heavy atom. The molecule has 1 amide bonds. The molecule has 1 aliphatic heterocycles. The summed E-state index contributed by atoms with van der Waals surface area (Å²) < 4.78 is 0. The minimum Gasteiger partial charge on any atom is -0.339 e. The smallest absolute Gasteiger partial charge is 0.236 e. The average Bonchev–Trinajstić information content (AvgIpc) is 2.97. The van der Waals surface area contributed by atoms with Gasteiger partial charge in [0.05, 0.1) is 12.1 Å². The molecule has 0 aromatic heterocycles. The van der Waals surface area contributed by atoms with Gasteiger partial charge in [-0.3, -0.25) is 9.69 Å². The molecular formula is C20H19N3O. The number of carbonyl (C=O) groups excluding carboxylic acids is 1. The van der Waals surface area contributed by atoms with Gasteiger partial charge in [-0.25, -0.2) is 0 Å². The number of nitriles is 1. The predicted molar refractivity (Wildman–Crippen MR) is 92.1 cm³/mol. The molecule has 0 radical (unpaired) electrons. The van der Waals surface area contributed by atoms with Crippen LogP contribution in [0.25, 0.3) is 11.1 Å². The Hall–Kier alpha value is -2.64. The van der Waals surface area contributed by atoms with Crippen molar-refractivity contribution in [2.75, 3.05) is 26.2 Å². The number of fused-ring (bicyclic) bond motifs is 3. The summed E-state index contributed by atoms with van der Waals surface area (Å²) in [5.41, 5.74) is 5.35. The normalized spacial score (nSPS) is 17.2. The Kier molecular flexibility index (Phi) is 3.79. The van der Waals surface area contributed by atoms with Crippen LogP contribution in [0.15, 0.2) is 48.5 Å². The number of rotatable bonds is 2. The maximum absolute atomic E-state index is 11.9. The Labute approximate surface area is 141 Å². The van der Waals surface area contributed by atoms with Crippen LogP contribution >= 0.6 is 0 Å². The molecule has 4 nitrogen and oxygen atoms in total. The van der Waals surface area contributed by atoms with E-state index in [-0.39, 0.29) is 18.4 Å². The molecule has 0 unspecified atom stereocenters. The Bertz CT molecular complexity index is 770. The van der Waals surface area contributed by atoms with Crippen LogP contribution in [0, 0.1) is 11.3 Å². The first kappa shape index (κ1) is 14.9. The Morgan fingerprint density at radius 1 is 0.958 bits per heavy atom. The highest BCUT2D eigenvalue weighted by molar-refractivity contribution is 5.79. The van der Waals surface area contributed by atoms with Gasteiger partial charge in [-0.15, -0.1) is 0 Å². The van der Waals surface area contributed by atoms with Gasteiger partial charge in [0.2, 0.25) is 5.91 Å². The van der Waals surface area contributed by atoms with Crippen molar-refractivity contribution in [2.45, 2.75) is 12.5 Å². The second kappa shape index (κ2) is 6.10. The van der Waals surface area contributed by atoms with E-state index in [4.69, 9.17) is 5.26 Å². The summed E-state index contributed by atoms with van der Waals surface area (Å²) >= 11 is 0. The fourth-order valence-electron chi connectivity index (χ4n) is 3.93. The zero-order valence-corrected chi connectivity index (χ0v) is 13.5. The van der Waals surface area contributed by atoms with Crippen LogP contribution in [0.5, 0.6) is 0 Å². The molecule has 0 atom stereocenters. The van der Waals surface area contributed by atoms with E-state index in [2.05, 4.69) is 53.4 Å². The fraction of sp³-hybridized carbons (Fsp3) is 0.300. The second-order valence-electron chi connectivity index (χ2n) is 6.33. The molecule has 1 aliphatic carbocycles. The molecule has 1 fully saturated rings. The average molecular weight is 317 g/mol. The van der Waals surface area contributed by atoms with E-state index < -0.39 is 0 Å². The summed E-state index contributed by atoms with van der Waals surface area (Å²) in [7, 11) is 0. The first-order valence-corrected chi connectivity index (χ1v) is 8.36. The molecule has 24 heavy (non-hydrogen) atoms. The van der Waals surface area contributed by atoms with Crippen LogP contribution in [0.1, 0.15) is 23.6 Å². The van der Waals surface area contributed by atoms with E-state index in [1.807, 2.05) is 11.0 Å². The van der Waals surface area contributed by atoms with E-state index in [1.54, 1.807) is 0 Å². The molecule has 0 spiro atoms. The van der Waals surface area contributed by atoms with Gasteiger partial charge in [0.1, 0.15) is 6.42 Å². The maximum Gasteiger partial charge on any atom is 0.236 e. The van der Waals surface area contributed by atoms with Crippen molar-refractivity contribution in [1.82, 2.24) is 9.80 Å². The van der Waals surface area contributed by atoms with Gasteiger partial charge < -0.3 is 4.90 Å². The third-order valence-corrected chi connectivity index (χ3v) is 5.06. The van der Waals surface area contributed by atoms with Crippen molar-refractivity contribution in [3.8, 4) is 17.2 Å². The maximum atomic E-state index is 11.9. The van der Waals surface area contributed by atoms with Crippen LogP contribution in [0.2, 0.25) is 0 Å². The van der Waals surface area contributed by atoms with Crippen molar-refractivity contribution < 1.29 is 4.79 Å². The minimum absolute atomic E-state index is 0.0188. The van der Waals surface area contributed by atoms with Gasteiger partial charge in [0, 0.05) is 26.2 Å². The van der Waals surface area contributed by atoms with Gasteiger partial charge in [-0.2, -0.15) is 5.26 Å². The van der Waals surface area contributed by atoms with Gasteiger partial charge in [0.15, 0.2) is 0 Å². The van der Waals surface area contributed by atoms with Gasteiger partial charge in [-0.05, 0) is 22.3 Å². The highest BCUT2D eigenvalue weighted by Crippen LogP contribution is 2.46. The van der Waals surface area contributed by atoms with E-state index >= 15 is 0 Å². The second-order valence-corrected chi connectivity index (χ2v) is 6.33. The lowest BCUT2D eigenvalue weighted by Crippen LogP contribution is -2.49. The largest absolute Gasteiger partial charge is 0.339 e. The lowest BCUT2D eigenvalue weighted by molar-refractivity contribution is -0.132. The molecule has 2 aromatic carbocycles. The highest BCUT2D eigenvalue weighted by atomic mass is 16.2. The SMILES string of the molecule is N#CCC(=O)N1CCN(C2c3ccccc3-c3ccccc32)CC1. The number of nitrogens with zero attached hydrogens (tertiary/aromatic N) is 3. The molecule has 0 bridgehead atoms. The lowest BCUT2D eigenvalue weighted by atomic mass is 10.0. The molecular weight excluding hydrogens is 298 g/mol. The highest BCUT2D eigenvalue weighted by Gasteiger charge is 2.34. The van der Waals surface area contributed by atoms with Gasteiger partial charge in [0.25, 0.3) is 0 Å². The third-order valence-electron chi connectivity index (χ3n) is 5.06. The predicted octanol–water partition coefficient (Wildman–Crippen LogP) is 2.81. The van der Waals surface area contributed by atoms with E-state index in [0.29, 0.717) is 13.1 Å². The first-order valence-electron chi connectivity index (χ1n) is 8.36. The topological polar surface area (TPSA) is 47.3 Å². The molecule has 4 rings (SSSR count). The molecule has 1 heterocycles. The van der Waals surface area contributed by atoms with Crippen LogP contribution in [0.4, 0.5) is 0 Å². The van der Waals surface area contributed by atoms with Crippen LogP contribution in [0.3, 0.4) is 0 Å². The number of benzene rings is 2. The number of carbonyl (C=O) groups is 1. The molecule has 1 saturated heterocycles. The van der Waals surface area contributed by atoms with Crippen molar-refractivity contribution >= 4 is 5.91 Å². The van der Waals surface area contributed by atoms with Gasteiger partial charge in [-0.1, -0.05) is 48.5 Å². The molecule has 120 valence electrons. The van der Waals surface area contributed by atoms with Gasteiger partial charge >= 0.3 is 0 Å². The molecule has 0 saturated carbocycles. The van der Waals surface area contributed by atoms with E-state index in [1.165, 1.54) is 22.3 Å². The quantitative estimate of drug-likeness (QED) is 0.856. The molecule has 4 heteroatoms. The van der Waals surface area contributed by atoms with Crippen molar-refractivity contribution in [2.24, 2.45) is 0 Å². The minimum atomic E-state index is -0.0515. The number of piperazine rings is 1. The van der Waals surface area contributed by atoms with Crippen LogP contribution < -0.4 is 0 Å². The third kappa shape index (κ3) is 2.38. The van der Waals surface area contributed by atoms with E-state index in [9.17, 15) is 4.79 Å². The summed E-state index contributed by atoms with van der Waals surface area (Å²) in [5, 5.41) is 8.70. The van der Waals surface area contributed by atoms with Crippen molar-refractivity contribution in [3.05, 3.63) is 59.7 Å². The van der Waals surface area contributed by atoms with E-state index in [0.717, 1.165) is 13.1 Å².